The van der Waals surface area contributed by atoms with Crippen LogP contribution in [0.15, 0.2) is 67.0 Å². The fourth-order valence-corrected chi connectivity index (χ4v) is 2.85. The second kappa shape index (κ2) is 5.65. The maximum absolute atomic E-state index is 4.76. The molecule has 0 saturated carbocycles. The van der Waals surface area contributed by atoms with Gasteiger partial charge in [0.15, 0.2) is 5.82 Å². The molecule has 0 amide bonds. The van der Waals surface area contributed by atoms with Crippen LogP contribution >= 0.6 is 0 Å². The summed E-state index contributed by atoms with van der Waals surface area (Å²) in [5, 5.41) is 7.18. The van der Waals surface area contributed by atoms with Crippen LogP contribution in [0.5, 0.6) is 0 Å². The van der Waals surface area contributed by atoms with Crippen molar-refractivity contribution in [1.29, 1.82) is 0 Å². The Bertz CT molecular complexity index is 952. The zero-order valence-corrected chi connectivity index (χ0v) is 12.8. The third-order valence-electron chi connectivity index (χ3n) is 3.94. The molecular weight excluding hydrogens is 284 g/mol. The summed E-state index contributed by atoms with van der Waals surface area (Å²) >= 11 is 0. The lowest BCUT2D eigenvalue weighted by molar-refractivity contribution is 0.666. The third-order valence-corrected chi connectivity index (χ3v) is 3.94. The van der Waals surface area contributed by atoms with Crippen molar-refractivity contribution in [1.82, 2.24) is 19.7 Å². The fraction of sp³-hybridized carbons (Fsp3) is 0.105. The standard InChI is InChI=1S/C19H16N4/c1-2-23-18(19-20-11-6-12-21-19)13-17(22-23)16-10-5-8-14-7-3-4-9-15(14)16/h3-13H,2H2,1H3. The quantitative estimate of drug-likeness (QED) is 0.570. The van der Waals surface area contributed by atoms with Crippen LogP contribution in [0.4, 0.5) is 0 Å². The molecule has 23 heavy (non-hydrogen) atoms. The smallest absolute Gasteiger partial charge is 0.177 e. The van der Waals surface area contributed by atoms with Gasteiger partial charge in [0, 0.05) is 24.5 Å². The van der Waals surface area contributed by atoms with Gasteiger partial charge in [0.2, 0.25) is 0 Å². The molecular formula is C19H16N4. The predicted molar refractivity (Wildman–Crippen MR) is 91.9 cm³/mol. The van der Waals surface area contributed by atoms with Gasteiger partial charge in [0.25, 0.3) is 0 Å². The second-order valence-electron chi connectivity index (χ2n) is 5.33. The van der Waals surface area contributed by atoms with E-state index in [2.05, 4.69) is 65.4 Å². The van der Waals surface area contributed by atoms with Gasteiger partial charge < -0.3 is 0 Å². The van der Waals surface area contributed by atoms with Crippen molar-refractivity contribution in [2.45, 2.75) is 13.5 Å². The summed E-state index contributed by atoms with van der Waals surface area (Å²) in [6.07, 6.45) is 3.51. The molecule has 0 N–H and O–H groups in total. The maximum Gasteiger partial charge on any atom is 0.177 e. The molecule has 0 saturated heterocycles. The fourth-order valence-electron chi connectivity index (χ4n) is 2.85. The molecule has 0 radical (unpaired) electrons. The predicted octanol–water partition coefficient (Wildman–Crippen LogP) is 4.18. The molecule has 2 aromatic heterocycles. The summed E-state index contributed by atoms with van der Waals surface area (Å²) in [5.41, 5.74) is 3.02. The summed E-state index contributed by atoms with van der Waals surface area (Å²) in [5.74, 6) is 0.702. The number of hydrogen-bond acceptors (Lipinski definition) is 3. The highest BCUT2D eigenvalue weighted by atomic mass is 15.3. The monoisotopic (exact) mass is 300 g/mol. The molecule has 0 aliphatic rings. The Morgan fingerprint density at radius 2 is 1.70 bits per heavy atom. The molecule has 0 bridgehead atoms. The Morgan fingerprint density at radius 3 is 2.52 bits per heavy atom. The van der Waals surface area contributed by atoms with E-state index < -0.39 is 0 Å². The van der Waals surface area contributed by atoms with E-state index in [4.69, 9.17) is 5.10 Å². The summed E-state index contributed by atoms with van der Waals surface area (Å²) in [6.45, 7) is 2.85. The van der Waals surface area contributed by atoms with E-state index in [0.717, 1.165) is 23.5 Å². The average molecular weight is 300 g/mol. The van der Waals surface area contributed by atoms with Crippen molar-refractivity contribution in [2.24, 2.45) is 0 Å². The van der Waals surface area contributed by atoms with Crippen LogP contribution in [-0.4, -0.2) is 19.7 Å². The molecule has 4 heteroatoms. The Kier molecular flexibility index (Phi) is 3.35. The SMILES string of the molecule is CCn1nc(-c2cccc3ccccc23)cc1-c1ncccn1. The van der Waals surface area contributed by atoms with Crippen LogP contribution in [0.3, 0.4) is 0 Å². The lowest BCUT2D eigenvalue weighted by atomic mass is 10.0. The molecule has 0 aliphatic heterocycles. The first kappa shape index (κ1) is 13.6. The summed E-state index contributed by atoms with van der Waals surface area (Å²) in [6, 6.07) is 18.6. The Morgan fingerprint density at radius 1 is 0.913 bits per heavy atom. The molecule has 0 fully saturated rings. The molecule has 4 aromatic rings. The Balaban J connectivity index is 1.91. The van der Waals surface area contributed by atoms with Crippen molar-refractivity contribution in [3.05, 3.63) is 67.0 Å². The van der Waals surface area contributed by atoms with E-state index in [1.807, 2.05) is 10.7 Å². The van der Waals surface area contributed by atoms with Gasteiger partial charge in [0.1, 0.15) is 5.69 Å². The van der Waals surface area contributed by atoms with Crippen molar-refractivity contribution in [2.75, 3.05) is 0 Å². The van der Waals surface area contributed by atoms with E-state index in [1.54, 1.807) is 12.4 Å². The third kappa shape index (κ3) is 2.38. The molecule has 0 aliphatic carbocycles. The minimum absolute atomic E-state index is 0.702. The molecule has 4 nitrogen and oxygen atoms in total. The average Bonchev–Trinajstić information content (AvgIpc) is 3.06. The topological polar surface area (TPSA) is 43.6 Å². The lowest BCUT2D eigenvalue weighted by Crippen LogP contribution is -2.01. The van der Waals surface area contributed by atoms with Gasteiger partial charge in [-0.15, -0.1) is 0 Å². The number of fused-ring (bicyclic) bond motifs is 1. The zero-order chi connectivity index (χ0) is 15.6. The molecule has 2 aromatic carbocycles. The number of aryl methyl sites for hydroxylation is 1. The highest BCUT2D eigenvalue weighted by molar-refractivity contribution is 5.96. The summed E-state index contributed by atoms with van der Waals surface area (Å²) in [7, 11) is 0. The Labute approximate surface area is 134 Å². The Hall–Kier alpha value is -3.01. The highest BCUT2D eigenvalue weighted by Crippen LogP contribution is 2.30. The number of benzene rings is 2. The highest BCUT2D eigenvalue weighted by Gasteiger charge is 2.13. The van der Waals surface area contributed by atoms with Gasteiger partial charge in [-0.25, -0.2) is 9.97 Å². The van der Waals surface area contributed by atoms with Crippen molar-refractivity contribution in [3.63, 3.8) is 0 Å². The first-order valence-electron chi connectivity index (χ1n) is 7.70. The van der Waals surface area contributed by atoms with Gasteiger partial charge in [-0.05, 0) is 29.8 Å². The van der Waals surface area contributed by atoms with Gasteiger partial charge in [-0.3, -0.25) is 4.68 Å². The zero-order valence-electron chi connectivity index (χ0n) is 12.8. The number of nitrogens with zero attached hydrogens (tertiary/aromatic N) is 4. The van der Waals surface area contributed by atoms with Gasteiger partial charge in [-0.1, -0.05) is 42.5 Å². The van der Waals surface area contributed by atoms with E-state index in [-0.39, 0.29) is 0 Å². The van der Waals surface area contributed by atoms with E-state index >= 15 is 0 Å². The van der Waals surface area contributed by atoms with Crippen LogP contribution in [0.1, 0.15) is 6.92 Å². The minimum atomic E-state index is 0.702. The second-order valence-corrected chi connectivity index (χ2v) is 5.33. The minimum Gasteiger partial charge on any atom is -0.261 e. The molecule has 112 valence electrons. The van der Waals surface area contributed by atoms with Crippen LogP contribution < -0.4 is 0 Å². The molecule has 0 spiro atoms. The first-order chi connectivity index (χ1) is 11.4. The van der Waals surface area contributed by atoms with Crippen LogP contribution in [0.2, 0.25) is 0 Å². The van der Waals surface area contributed by atoms with Crippen LogP contribution in [-0.2, 0) is 6.54 Å². The summed E-state index contributed by atoms with van der Waals surface area (Å²) < 4.78 is 1.95. The van der Waals surface area contributed by atoms with Crippen LogP contribution in [0.25, 0.3) is 33.5 Å². The number of rotatable bonds is 3. The molecule has 0 atom stereocenters. The van der Waals surface area contributed by atoms with Gasteiger partial charge in [-0.2, -0.15) is 5.10 Å². The molecule has 2 heterocycles. The van der Waals surface area contributed by atoms with Crippen molar-refractivity contribution < 1.29 is 0 Å². The molecule has 4 rings (SSSR count). The van der Waals surface area contributed by atoms with Gasteiger partial charge in [0.05, 0.1) is 5.69 Å². The van der Waals surface area contributed by atoms with E-state index in [1.165, 1.54) is 10.8 Å². The largest absolute Gasteiger partial charge is 0.261 e. The molecule has 0 unspecified atom stereocenters. The maximum atomic E-state index is 4.76. The number of hydrogen-bond donors (Lipinski definition) is 0. The van der Waals surface area contributed by atoms with E-state index in [9.17, 15) is 0 Å². The van der Waals surface area contributed by atoms with Crippen LogP contribution in [0, 0.1) is 0 Å². The first-order valence-corrected chi connectivity index (χ1v) is 7.70. The summed E-state index contributed by atoms with van der Waals surface area (Å²) in [4.78, 5) is 8.71. The van der Waals surface area contributed by atoms with Crippen molar-refractivity contribution in [3.8, 4) is 22.8 Å². The number of aromatic nitrogens is 4. The lowest BCUT2D eigenvalue weighted by Gasteiger charge is -2.03. The van der Waals surface area contributed by atoms with E-state index in [0.29, 0.717) is 5.82 Å². The van der Waals surface area contributed by atoms with Crippen molar-refractivity contribution >= 4 is 10.8 Å². The normalized spacial score (nSPS) is 11.0. The van der Waals surface area contributed by atoms with Gasteiger partial charge >= 0.3 is 0 Å².